The lowest BCUT2D eigenvalue weighted by Crippen LogP contribution is -2.16. The minimum absolute atomic E-state index is 0.195. The van der Waals surface area contributed by atoms with Gasteiger partial charge in [-0.05, 0) is 25.3 Å². The SMILES string of the molecule is CSc1nc(C)c2c(n1)OC(CSc1ccccc1)C2. The molecular weight excluding hydrogens is 288 g/mol. The highest BCUT2D eigenvalue weighted by Gasteiger charge is 2.27. The summed E-state index contributed by atoms with van der Waals surface area (Å²) in [5.41, 5.74) is 2.22. The maximum Gasteiger partial charge on any atom is 0.221 e. The second-order valence-electron chi connectivity index (χ2n) is 4.65. The third-order valence-electron chi connectivity index (χ3n) is 3.23. The van der Waals surface area contributed by atoms with Crippen LogP contribution in [0, 0.1) is 6.92 Å². The van der Waals surface area contributed by atoms with E-state index in [1.807, 2.05) is 31.0 Å². The van der Waals surface area contributed by atoms with Crippen LogP contribution in [0.1, 0.15) is 11.3 Å². The molecule has 0 fully saturated rings. The molecule has 0 spiro atoms. The van der Waals surface area contributed by atoms with Gasteiger partial charge in [0.2, 0.25) is 5.88 Å². The summed E-state index contributed by atoms with van der Waals surface area (Å²) in [5, 5.41) is 0.789. The zero-order chi connectivity index (χ0) is 13.9. The number of ether oxygens (including phenoxy) is 1. The number of benzene rings is 1. The highest BCUT2D eigenvalue weighted by molar-refractivity contribution is 7.99. The van der Waals surface area contributed by atoms with Gasteiger partial charge in [-0.2, -0.15) is 4.98 Å². The second-order valence-corrected chi connectivity index (χ2v) is 6.51. The zero-order valence-corrected chi connectivity index (χ0v) is 13.1. The molecule has 0 aliphatic carbocycles. The van der Waals surface area contributed by atoms with Crippen molar-refractivity contribution in [1.82, 2.24) is 9.97 Å². The molecule has 3 nitrogen and oxygen atoms in total. The average Bonchev–Trinajstić information content (AvgIpc) is 2.89. The lowest BCUT2D eigenvalue weighted by Gasteiger charge is -2.09. The Kier molecular flexibility index (Phi) is 4.17. The fraction of sp³-hybridized carbons (Fsp3) is 0.333. The lowest BCUT2D eigenvalue weighted by atomic mass is 10.1. The minimum Gasteiger partial charge on any atom is -0.473 e. The summed E-state index contributed by atoms with van der Waals surface area (Å²) in [6.45, 7) is 2.04. The van der Waals surface area contributed by atoms with E-state index in [0.29, 0.717) is 0 Å². The van der Waals surface area contributed by atoms with Gasteiger partial charge in [-0.15, -0.1) is 11.8 Å². The van der Waals surface area contributed by atoms with Crippen LogP contribution in [0.2, 0.25) is 0 Å². The van der Waals surface area contributed by atoms with Gasteiger partial charge in [-0.25, -0.2) is 4.98 Å². The zero-order valence-electron chi connectivity index (χ0n) is 11.5. The normalized spacial score (nSPS) is 16.8. The van der Waals surface area contributed by atoms with Gasteiger partial charge in [0.25, 0.3) is 0 Å². The van der Waals surface area contributed by atoms with Crippen molar-refractivity contribution in [2.75, 3.05) is 12.0 Å². The molecule has 1 atom stereocenters. The average molecular weight is 304 g/mol. The molecule has 2 aromatic rings. The van der Waals surface area contributed by atoms with Gasteiger partial charge in [-0.3, -0.25) is 0 Å². The van der Waals surface area contributed by atoms with E-state index < -0.39 is 0 Å². The topological polar surface area (TPSA) is 35.0 Å². The Morgan fingerprint density at radius 1 is 1.25 bits per heavy atom. The molecule has 0 N–H and O–H groups in total. The first kappa shape index (κ1) is 13.8. The number of fused-ring (bicyclic) bond motifs is 1. The van der Waals surface area contributed by atoms with E-state index in [2.05, 4.69) is 34.2 Å². The van der Waals surface area contributed by atoms with Crippen molar-refractivity contribution < 1.29 is 4.74 Å². The van der Waals surface area contributed by atoms with Crippen molar-refractivity contribution in [2.45, 2.75) is 29.5 Å². The van der Waals surface area contributed by atoms with Crippen LogP contribution >= 0.6 is 23.5 Å². The number of hydrogen-bond donors (Lipinski definition) is 0. The van der Waals surface area contributed by atoms with Crippen molar-refractivity contribution in [2.24, 2.45) is 0 Å². The van der Waals surface area contributed by atoms with Crippen molar-refractivity contribution >= 4 is 23.5 Å². The Hall–Kier alpha value is -1.20. The van der Waals surface area contributed by atoms with Gasteiger partial charge >= 0.3 is 0 Å². The van der Waals surface area contributed by atoms with E-state index in [-0.39, 0.29) is 6.10 Å². The standard InChI is InChI=1S/C15H16N2OS2/c1-10-13-8-11(9-20-12-6-4-3-5-7-12)18-14(13)17-15(16-10)19-2/h3-7,11H,8-9H2,1-2H3. The van der Waals surface area contributed by atoms with Crippen LogP contribution in [-0.2, 0) is 6.42 Å². The Bertz CT molecular complexity index is 604. The molecule has 104 valence electrons. The monoisotopic (exact) mass is 304 g/mol. The predicted molar refractivity (Wildman–Crippen MR) is 83.8 cm³/mol. The molecule has 1 aromatic heterocycles. The summed E-state index contributed by atoms with van der Waals surface area (Å²) < 4.78 is 5.97. The molecule has 5 heteroatoms. The Labute approximate surface area is 127 Å². The molecule has 0 bridgehead atoms. The summed E-state index contributed by atoms with van der Waals surface area (Å²) in [5.74, 6) is 1.72. The van der Waals surface area contributed by atoms with E-state index in [4.69, 9.17) is 4.74 Å². The number of hydrogen-bond acceptors (Lipinski definition) is 5. The first-order chi connectivity index (χ1) is 9.76. The highest BCUT2D eigenvalue weighted by Crippen LogP contribution is 2.32. The first-order valence-corrected chi connectivity index (χ1v) is 8.73. The molecule has 0 saturated carbocycles. The molecule has 3 rings (SSSR count). The van der Waals surface area contributed by atoms with Crippen LogP contribution in [0.4, 0.5) is 0 Å². The van der Waals surface area contributed by atoms with Crippen molar-refractivity contribution in [3.63, 3.8) is 0 Å². The maximum absolute atomic E-state index is 5.97. The van der Waals surface area contributed by atoms with Crippen LogP contribution in [0.25, 0.3) is 0 Å². The van der Waals surface area contributed by atoms with Gasteiger partial charge in [0.1, 0.15) is 6.10 Å². The smallest absolute Gasteiger partial charge is 0.221 e. The van der Waals surface area contributed by atoms with Crippen molar-refractivity contribution in [1.29, 1.82) is 0 Å². The summed E-state index contributed by atoms with van der Waals surface area (Å²) in [6, 6.07) is 10.4. The summed E-state index contributed by atoms with van der Waals surface area (Å²) in [7, 11) is 0. The van der Waals surface area contributed by atoms with Gasteiger partial charge in [0.05, 0.1) is 0 Å². The molecule has 0 amide bonds. The fourth-order valence-corrected chi connectivity index (χ4v) is 3.51. The highest BCUT2D eigenvalue weighted by atomic mass is 32.2. The molecular formula is C15H16N2OS2. The largest absolute Gasteiger partial charge is 0.473 e. The van der Waals surface area contributed by atoms with Crippen LogP contribution in [-0.4, -0.2) is 28.1 Å². The third kappa shape index (κ3) is 2.94. The molecule has 0 saturated heterocycles. The third-order valence-corrected chi connectivity index (χ3v) is 4.92. The molecule has 0 radical (unpaired) electrons. The lowest BCUT2D eigenvalue weighted by molar-refractivity contribution is 0.249. The van der Waals surface area contributed by atoms with Gasteiger partial charge in [0, 0.05) is 28.3 Å². The van der Waals surface area contributed by atoms with Gasteiger partial charge in [-0.1, -0.05) is 30.0 Å². The van der Waals surface area contributed by atoms with E-state index in [0.717, 1.165) is 28.9 Å². The van der Waals surface area contributed by atoms with E-state index in [1.54, 1.807) is 11.8 Å². The van der Waals surface area contributed by atoms with Crippen LogP contribution in [0.5, 0.6) is 5.88 Å². The summed E-state index contributed by atoms with van der Waals surface area (Å²) >= 11 is 3.38. The van der Waals surface area contributed by atoms with Gasteiger partial charge in [0.15, 0.2) is 5.16 Å². The number of nitrogens with zero attached hydrogens (tertiary/aromatic N) is 2. The summed E-state index contributed by atoms with van der Waals surface area (Å²) in [4.78, 5) is 10.2. The Balaban J connectivity index is 1.67. The predicted octanol–water partition coefficient (Wildman–Crippen LogP) is 3.60. The molecule has 1 aliphatic rings. The van der Waals surface area contributed by atoms with E-state index >= 15 is 0 Å². The first-order valence-electron chi connectivity index (χ1n) is 6.52. The van der Waals surface area contributed by atoms with Crippen LogP contribution in [0.15, 0.2) is 40.4 Å². The van der Waals surface area contributed by atoms with E-state index in [1.165, 1.54) is 10.5 Å². The maximum atomic E-state index is 5.97. The number of thioether (sulfide) groups is 2. The quantitative estimate of drug-likeness (QED) is 0.637. The number of rotatable bonds is 4. The molecule has 1 unspecified atom stereocenters. The van der Waals surface area contributed by atoms with Crippen molar-refractivity contribution in [3.05, 3.63) is 41.6 Å². The van der Waals surface area contributed by atoms with Crippen LogP contribution in [0.3, 0.4) is 0 Å². The molecule has 1 aromatic carbocycles. The number of aryl methyl sites for hydroxylation is 1. The van der Waals surface area contributed by atoms with Gasteiger partial charge < -0.3 is 4.74 Å². The number of aromatic nitrogens is 2. The Morgan fingerprint density at radius 3 is 2.80 bits per heavy atom. The van der Waals surface area contributed by atoms with Crippen LogP contribution < -0.4 is 4.74 Å². The fourth-order valence-electron chi connectivity index (χ4n) is 2.19. The molecule has 20 heavy (non-hydrogen) atoms. The molecule has 1 aliphatic heterocycles. The van der Waals surface area contributed by atoms with Crippen molar-refractivity contribution in [3.8, 4) is 5.88 Å². The second kappa shape index (κ2) is 6.06. The van der Waals surface area contributed by atoms with E-state index in [9.17, 15) is 0 Å². The molecule has 2 heterocycles. The summed E-state index contributed by atoms with van der Waals surface area (Å²) in [6.07, 6.45) is 3.09. The Morgan fingerprint density at radius 2 is 2.05 bits per heavy atom. The minimum atomic E-state index is 0.195.